The third kappa shape index (κ3) is 0.943. The van der Waals surface area contributed by atoms with Gasteiger partial charge in [0, 0.05) is 5.92 Å². The Kier molecular flexibility index (Phi) is 1.59. The molecule has 1 heteroatoms. The summed E-state index contributed by atoms with van der Waals surface area (Å²) >= 11 is 0. The molecule has 3 aliphatic carbocycles. The van der Waals surface area contributed by atoms with Gasteiger partial charge in [-0.1, -0.05) is 19.1 Å². The number of carbonyl (C=O) groups is 1. The van der Waals surface area contributed by atoms with Crippen LogP contribution in [0, 0.1) is 23.7 Å². The molecular weight excluding hydrogens is 136 g/mol. The van der Waals surface area contributed by atoms with Crippen molar-refractivity contribution < 1.29 is 4.79 Å². The van der Waals surface area contributed by atoms with Gasteiger partial charge in [-0.3, -0.25) is 0 Å². The topological polar surface area (TPSA) is 17.1 Å². The lowest BCUT2D eigenvalue weighted by Crippen LogP contribution is -2.35. The van der Waals surface area contributed by atoms with Gasteiger partial charge in [0.05, 0.1) is 0 Å². The molecule has 0 N–H and O–H groups in total. The first-order valence-corrected chi connectivity index (χ1v) is 4.46. The molecule has 0 unspecified atom stereocenters. The average Bonchev–Trinajstić information content (AvgIpc) is 2.06. The molecule has 60 valence electrons. The second kappa shape index (κ2) is 2.47. The highest BCUT2D eigenvalue weighted by atomic mass is 16.1. The minimum absolute atomic E-state index is 0.318. The van der Waals surface area contributed by atoms with Crippen LogP contribution in [0.4, 0.5) is 0 Å². The monoisotopic (exact) mass is 150 g/mol. The lowest BCUT2D eigenvalue weighted by Gasteiger charge is -2.40. The molecule has 0 spiro atoms. The standard InChI is InChI=1S/C10H14O/c1-7-8-2-4-9(5-3-8)10(7)6-11/h2,4,6-10H,3,5H2,1H3/t7-,8+,9-,10+/m1/s1. The first-order chi connectivity index (χ1) is 5.33. The number of hydrogen-bond donors (Lipinski definition) is 0. The molecule has 0 aromatic heterocycles. The number of allylic oxidation sites excluding steroid dienone is 2. The smallest absolute Gasteiger partial charge is 0.123 e. The van der Waals surface area contributed by atoms with Gasteiger partial charge in [0.25, 0.3) is 0 Å². The zero-order valence-electron chi connectivity index (χ0n) is 6.86. The molecule has 11 heavy (non-hydrogen) atoms. The van der Waals surface area contributed by atoms with Gasteiger partial charge < -0.3 is 4.79 Å². The molecule has 1 fully saturated rings. The van der Waals surface area contributed by atoms with Crippen molar-refractivity contribution in [2.75, 3.05) is 0 Å². The van der Waals surface area contributed by atoms with Crippen LogP contribution in [0.15, 0.2) is 12.2 Å². The summed E-state index contributed by atoms with van der Waals surface area (Å²) in [5.74, 6) is 2.16. The van der Waals surface area contributed by atoms with Crippen molar-refractivity contribution in [1.82, 2.24) is 0 Å². The Balaban J connectivity index is 2.26. The summed E-state index contributed by atoms with van der Waals surface area (Å²) in [6.07, 6.45) is 8.23. The van der Waals surface area contributed by atoms with Gasteiger partial charge in [-0.2, -0.15) is 0 Å². The van der Waals surface area contributed by atoms with E-state index in [0.29, 0.717) is 23.7 Å². The minimum Gasteiger partial charge on any atom is -0.303 e. The number of rotatable bonds is 1. The van der Waals surface area contributed by atoms with Crippen LogP contribution in [0.1, 0.15) is 19.8 Å². The van der Waals surface area contributed by atoms with Crippen LogP contribution >= 0.6 is 0 Å². The average molecular weight is 150 g/mol. The maximum Gasteiger partial charge on any atom is 0.123 e. The predicted octanol–water partition coefficient (Wildman–Crippen LogP) is 2.03. The van der Waals surface area contributed by atoms with Crippen molar-refractivity contribution in [3.05, 3.63) is 12.2 Å². The zero-order valence-corrected chi connectivity index (χ0v) is 6.86. The van der Waals surface area contributed by atoms with E-state index in [4.69, 9.17) is 0 Å². The molecule has 3 aliphatic rings. The molecule has 4 atom stereocenters. The summed E-state index contributed by atoms with van der Waals surface area (Å²) in [5, 5.41) is 0. The molecule has 0 saturated heterocycles. The van der Waals surface area contributed by atoms with E-state index < -0.39 is 0 Å². The SMILES string of the molecule is C[C@H]1[C@H](C=O)[C@@H]2C=C[C@H]1CC2. The van der Waals surface area contributed by atoms with E-state index in [9.17, 15) is 4.79 Å². The zero-order chi connectivity index (χ0) is 7.84. The predicted molar refractivity (Wildman–Crippen MR) is 44.1 cm³/mol. The highest BCUT2D eigenvalue weighted by Gasteiger charge is 2.37. The fraction of sp³-hybridized carbons (Fsp3) is 0.700. The molecule has 1 saturated carbocycles. The summed E-state index contributed by atoms with van der Waals surface area (Å²) in [6.45, 7) is 2.21. The van der Waals surface area contributed by atoms with Crippen molar-refractivity contribution in [3.63, 3.8) is 0 Å². The van der Waals surface area contributed by atoms with E-state index in [1.165, 1.54) is 12.8 Å². The second-order valence-electron chi connectivity index (χ2n) is 3.86. The Bertz CT molecular complexity index is 195. The van der Waals surface area contributed by atoms with Crippen LogP contribution in [0.5, 0.6) is 0 Å². The Labute approximate surface area is 67.5 Å². The summed E-state index contributed by atoms with van der Waals surface area (Å²) in [5.41, 5.74) is 0. The van der Waals surface area contributed by atoms with E-state index >= 15 is 0 Å². The normalized spacial score (nSPS) is 47.7. The van der Waals surface area contributed by atoms with Crippen LogP contribution in [0.25, 0.3) is 0 Å². The van der Waals surface area contributed by atoms with Gasteiger partial charge in [0.1, 0.15) is 6.29 Å². The van der Waals surface area contributed by atoms with Crippen LogP contribution < -0.4 is 0 Å². The van der Waals surface area contributed by atoms with Gasteiger partial charge in [-0.15, -0.1) is 0 Å². The lowest BCUT2D eigenvalue weighted by molar-refractivity contribution is -0.115. The van der Waals surface area contributed by atoms with Crippen molar-refractivity contribution in [2.45, 2.75) is 19.8 Å². The molecule has 0 aliphatic heterocycles. The minimum atomic E-state index is 0.318. The van der Waals surface area contributed by atoms with E-state index in [0.717, 1.165) is 6.29 Å². The van der Waals surface area contributed by atoms with Crippen LogP contribution in [0.2, 0.25) is 0 Å². The van der Waals surface area contributed by atoms with Crippen LogP contribution in [-0.4, -0.2) is 6.29 Å². The van der Waals surface area contributed by atoms with Gasteiger partial charge >= 0.3 is 0 Å². The summed E-state index contributed by atoms with van der Waals surface area (Å²) in [7, 11) is 0. The molecule has 0 aromatic rings. The maximum absolute atomic E-state index is 10.7. The Hall–Kier alpha value is -0.590. The van der Waals surface area contributed by atoms with Crippen molar-refractivity contribution in [3.8, 4) is 0 Å². The quantitative estimate of drug-likeness (QED) is 0.413. The third-order valence-corrected chi connectivity index (χ3v) is 3.37. The number of aldehydes is 1. The van der Waals surface area contributed by atoms with Crippen molar-refractivity contribution in [2.24, 2.45) is 23.7 Å². The number of fused-ring (bicyclic) bond motifs is 2. The van der Waals surface area contributed by atoms with Gasteiger partial charge in [0.15, 0.2) is 0 Å². The maximum atomic E-state index is 10.7. The Morgan fingerprint density at radius 3 is 2.27 bits per heavy atom. The molecule has 0 aromatic carbocycles. The summed E-state index contributed by atoms with van der Waals surface area (Å²) < 4.78 is 0. The van der Waals surface area contributed by atoms with Gasteiger partial charge in [-0.25, -0.2) is 0 Å². The van der Waals surface area contributed by atoms with E-state index in [-0.39, 0.29) is 0 Å². The fourth-order valence-electron chi connectivity index (χ4n) is 2.52. The first kappa shape index (κ1) is 7.08. The van der Waals surface area contributed by atoms with Crippen molar-refractivity contribution >= 4 is 6.29 Å². The highest BCUT2D eigenvalue weighted by Crippen LogP contribution is 2.43. The third-order valence-electron chi connectivity index (χ3n) is 3.37. The molecular formula is C10H14O. The Morgan fingerprint density at radius 2 is 1.91 bits per heavy atom. The van der Waals surface area contributed by atoms with E-state index in [1.807, 2.05) is 0 Å². The first-order valence-electron chi connectivity index (χ1n) is 4.46. The van der Waals surface area contributed by atoms with E-state index in [2.05, 4.69) is 19.1 Å². The molecule has 0 heterocycles. The number of carbonyl (C=O) groups excluding carboxylic acids is 1. The fourth-order valence-corrected chi connectivity index (χ4v) is 2.52. The Morgan fingerprint density at radius 1 is 1.27 bits per heavy atom. The molecule has 0 radical (unpaired) electrons. The van der Waals surface area contributed by atoms with Gasteiger partial charge in [-0.05, 0) is 30.6 Å². The molecule has 2 bridgehead atoms. The lowest BCUT2D eigenvalue weighted by atomic mass is 9.63. The molecule has 3 rings (SSSR count). The summed E-state index contributed by atoms with van der Waals surface area (Å²) in [6, 6.07) is 0. The van der Waals surface area contributed by atoms with Crippen LogP contribution in [-0.2, 0) is 4.79 Å². The van der Waals surface area contributed by atoms with Crippen molar-refractivity contribution in [1.29, 1.82) is 0 Å². The van der Waals surface area contributed by atoms with Gasteiger partial charge in [0.2, 0.25) is 0 Å². The number of hydrogen-bond acceptors (Lipinski definition) is 1. The van der Waals surface area contributed by atoms with Crippen LogP contribution in [0.3, 0.4) is 0 Å². The molecule has 0 amide bonds. The highest BCUT2D eigenvalue weighted by molar-refractivity contribution is 5.56. The molecule has 1 nitrogen and oxygen atoms in total. The second-order valence-corrected chi connectivity index (χ2v) is 3.86. The largest absolute Gasteiger partial charge is 0.303 e. The summed E-state index contributed by atoms with van der Waals surface area (Å²) in [4.78, 5) is 10.7. The van der Waals surface area contributed by atoms with E-state index in [1.54, 1.807) is 0 Å².